The largest absolute Gasteiger partial charge is 0.452 e. The third-order valence-corrected chi connectivity index (χ3v) is 3.49. The van der Waals surface area contributed by atoms with E-state index in [1.807, 2.05) is 12.1 Å². The highest BCUT2D eigenvalue weighted by atomic mass is 16.5. The van der Waals surface area contributed by atoms with Crippen molar-refractivity contribution in [2.75, 3.05) is 25.6 Å². The third-order valence-electron chi connectivity index (χ3n) is 3.49. The van der Waals surface area contributed by atoms with E-state index >= 15 is 0 Å². The molecule has 1 aromatic rings. The fraction of sp³-hybridized carbons (Fsp3) is 0.500. The zero-order valence-electron chi connectivity index (χ0n) is 13.7. The van der Waals surface area contributed by atoms with Crippen molar-refractivity contribution in [2.24, 2.45) is 0 Å². The molecule has 1 fully saturated rings. The summed E-state index contributed by atoms with van der Waals surface area (Å²) >= 11 is 0. The van der Waals surface area contributed by atoms with E-state index < -0.39 is 12.1 Å². The van der Waals surface area contributed by atoms with Gasteiger partial charge in [-0.2, -0.15) is 0 Å². The van der Waals surface area contributed by atoms with Crippen molar-refractivity contribution >= 4 is 17.8 Å². The van der Waals surface area contributed by atoms with Crippen molar-refractivity contribution < 1.29 is 23.8 Å². The Balaban J connectivity index is 1.73. The standard InChI is InChI=1S/C16H23N3O5/c1-22-16(21)19-18-15(20)17-13-6-4-5-12(9-13)10-23-11-14-7-2-3-8-24-14/h4-6,9,14H,2-3,7-8,10-11H2,1H3,(H,19,21)(H2,17,18,20). The second-order valence-corrected chi connectivity index (χ2v) is 5.40. The molecule has 1 aliphatic rings. The van der Waals surface area contributed by atoms with Gasteiger partial charge in [0.05, 0.1) is 26.4 Å². The third kappa shape index (κ3) is 6.43. The van der Waals surface area contributed by atoms with Gasteiger partial charge in [-0.3, -0.25) is 0 Å². The molecule has 0 aromatic heterocycles. The molecule has 0 bridgehead atoms. The van der Waals surface area contributed by atoms with Crippen molar-refractivity contribution in [3.05, 3.63) is 29.8 Å². The predicted molar refractivity (Wildman–Crippen MR) is 87.4 cm³/mol. The van der Waals surface area contributed by atoms with Crippen LogP contribution < -0.4 is 16.2 Å². The Morgan fingerprint density at radius 1 is 1.29 bits per heavy atom. The minimum absolute atomic E-state index is 0.176. The number of hydrazine groups is 1. The van der Waals surface area contributed by atoms with Crippen molar-refractivity contribution in [1.82, 2.24) is 10.9 Å². The normalized spacial score (nSPS) is 17.0. The van der Waals surface area contributed by atoms with E-state index in [2.05, 4.69) is 20.9 Å². The van der Waals surface area contributed by atoms with Gasteiger partial charge in [0.15, 0.2) is 0 Å². The van der Waals surface area contributed by atoms with Crippen LogP contribution >= 0.6 is 0 Å². The van der Waals surface area contributed by atoms with Crippen molar-refractivity contribution in [3.8, 4) is 0 Å². The maximum absolute atomic E-state index is 11.6. The van der Waals surface area contributed by atoms with Gasteiger partial charge >= 0.3 is 12.1 Å². The Hall–Kier alpha value is -2.32. The summed E-state index contributed by atoms with van der Waals surface area (Å²) in [5.41, 5.74) is 5.77. The quantitative estimate of drug-likeness (QED) is 0.715. The number of carbonyl (C=O) groups excluding carboxylic acids is 2. The van der Waals surface area contributed by atoms with Crippen molar-refractivity contribution in [2.45, 2.75) is 32.0 Å². The molecule has 0 spiro atoms. The number of anilines is 1. The number of methoxy groups -OCH3 is 1. The number of hydrogen-bond acceptors (Lipinski definition) is 5. The van der Waals surface area contributed by atoms with Crippen LogP contribution in [0.2, 0.25) is 0 Å². The first-order chi connectivity index (χ1) is 11.7. The van der Waals surface area contributed by atoms with E-state index in [4.69, 9.17) is 9.47 Å². The minimum atomic E-state index is -0.753. The second kappa shape index (κ2) is 9.74. The zero-order valence-corrected chi connectivity index (χ0v) is 13.7. The van der Waals surface area contributed by atoms with Crippen LogP contribution in [-0.2, 0) is 20.8 Å². The molecule has 0 aliphatic carbocycles. The summed E-state index contributed by atoms with van der Waals surface area (Å²) in [6.07, 6.45) is 2.77. The van der Waals surface area contributed by atoms with E-state index in [1.54, 1.807) is 12.1 Å². The Morgan fingerprint density at radius 3 is 2.92 bits per heavy atom. The first kappa shape index (κ1) is 18.0. The summed E-state index contributed by atoms with van der Waals surface area (Å²) in [6, 6.07) is 6.70. The van der Waals surface area contributed by atoms with E-state index in [-0.39, 0.29) is 6.10 Å². The molecule has 1 aromatic carbocycles. The molecule has 1 unspecified atom stereocenters. The average Bonchev–Trinajstić information content (AvgIpc) is 2.61. The molecule has 2 rings (SSSR count). The molecule has 1 atom stereocenters. The van der Waals surface area contributed by atoms with Crippen molar-refractivity contribution in [3.63, 3.8) is 0 Å². The number of benzene rings is 1. The molecule has 132 valence electrons. The number of rotatable bonds is 5. The van der Waals surface area contributed by atoms with Gasteiger partial charge in [-0.1, -0.05) is 12.1 Å². The molecule has 1 heterocycles. The highest BCUT2D eigenvalue weighted by Gasteiger charge is 2.13. The summed E-state index contributed by atoms with van der Waals surface area (Å²) in [5, 5.41) is 2.60. The summed E-state index contributed by atoms with van der Waals surface area (Å²) in [4.78, 5) is 22.5. The number of carbonyl (C=O) groups is 2. The lowest BCUT2D eigenvalue weighted by atomic mass is 10.1. The zero-order chi connectivity index (χ0) is 17.2. The van der Waals surface area contributed by atoms with E-state index in [1.165, 1.54) is 13.5 Å². The summed E-state index contributed by atoms with van der Waals surface area (Å²) in [7, 11) is 1.21. The number of amides is 3. The van der Waals surface area contributed by atoms with Crippen LogP contribution in [0.3, 0.4) is 0 Å². The maximum Gasteiger partial charge on any atom is 0.425 e. The van der Waals surface area contributed by atoms with Crippen LogP contribution in [-0.4, -0.2) is 38.6 Å². The molecule has 1 saturated heterocycles. The van der Waals surface area contributed by atoms with E-state index in [9.17, 15) is 9.59 Å². The Bertz CT molecular complexity index is 546. The lowest BCUT2D eigenvalue weighted by Gasteiger charge is -2.22. The Kier molecular flexibility index (Phi) is 7.31. The molecule has 0 saturated carbocycles. The SMILES string of the molecule is COC(=O)NNC(=O)Nc1cccc(COCC2CCCCO2)c1. The Labute approximate surface area is 140 Å². The number of hydrogen-bond donors (Lipinski definition) is 3. The molecule has 8 heteroatoms. The first-order valence-electron chi connectivity index (χ1n) is 7.86. The number of ether oxygens (including phenoxy) is 3. The second-order valence-electron chi connectivity index (χ2n) is 5.40. The van der Waals surface area contributed by atoms with Crippen LogP contribution in [0.15, 0.2) is 24.3 Å². The fourth-order valence-electron chi connectivity index (χ4n) is 2.31. The van der Waals surface area contributed by atoms with Crippen LogP contribution in [0.5, 0.6) is 0 Å². The van der Waals surface area contributed by atoms with Gasteiger partial charge in [0.1, 0.15) is 0 Å². The molecular weight excluding hydrogens is 314 g/mol. The highest BCUT2D eigenvalue weighted by molar-refractivity contribution is 5.90. The smallest absolute Gasteiger partial charge is 0.425 e. The van der Waals surface area contributed by atoms with Gasteiger partial charge in [-0.05, 0) is 37.0 Å². The van der Waals surface area contributed by atoms with E-state index in [0.717, 1.165) is 25.0 Å². The van der Waals surface area contributed by atoms with Crippen molar-refractivity contribution in [1.29, 1.82) is 0 Å². The highest BCUT2D eigenvalue weighted by Crippen LogP contribution is 2.15. The van der Waals surface area contributed by atoms with Gasteiger partial charge in [0, 0.05) is 12.3 Å². The van der Waals surface area contributed by atoms with Crippen LogP contribution in [0.4, 0.5) is 15.3 Å². The topological polar surface area (TPSA) is 97.9 Å². The van der Waals surface area contributed by atoms with Gasteiger partial charge in [-0.25, -0.2) is 20.4 Å². The maximum atomic E-state index is 11.6. The molecule has 3 amide bonds. The predicted octanol–water partition coefficient (Wildman–Crippen LogP) is 2.16. The number of nitrogens with one attached hydrogen (secondary N) is 3. The molecule has 0 radical (unpaired) electrons. The van der Waals surface area contributed by atoms with Crippen LogP contribution in [0, 0.1) is 0 Å². The summed E-state index contributed by atoms with van der Waals surface area (Å²) in [6.45, 7) is 1.82. The molecule has 3 N–H and O–H groups in total. The molecule has 1 aliphatic heterocycles. The molecule has 8 nitrogen and oxygen atoms in total. The van der Waals surface area contributed by atoms with Gasteiger partial charge in [0.2, 0.25) is 0 Å². The average molecular weight is 337 g/mol. The van der Waals surface area contributed by atoms with Gasteiger partial charge < -0.3 is 19.5 Å². The van der Waals surface area contributed by atoms with Crippen LogP contribution in [0.1, 0.15) is 24.8 Å². The monoisotopic (exact) mass is 337 g/mol. The summed E-state index contributed by atoms with van der Waals surface area (Å²) < 4.78 is 15.6. The van der Waals surface area contributed by atoms with E-state index in [0.29, 0.717) is 18.9 Å². The number of urea groups is 1. The van der Waals surface area contributed by atoms with Crippen LogP contribution in [0.25, 0.3) is 0 Å². The lowest BCUT2D eigenvalue weighted by molar-refractivity contribution is -0.0447. The first-order valence-corrected chi connectivity index (χ1v) is 7.86. The lowest BCUT2D eigenvalue weighted by Crippen LogP contribution is -2.43. The summed E-state index contributed by atoms with van der Waals surface area (Å²) in [5.74, 6) is 0. The fourth-order valence-corrected chi connectivity index (χ4v) is 2.31. The van der Waals surface area contributed by atoms with Gasteiger partial charge in [0.25, 0.3) is 0 Å². The van der Waals surface area contributed by atoms with Gasteiger partial charge in [-0.15, -0.1) is 0 Å². The molecule has 24 heavy (non-hydrogen) atoms. The Morgan fingerprint density at radius 2 is 2.17 bits per heavy atom. The minimum Gasteiger partial charge on any atom is -0.452 e. The molecular formula is C16H23N3O5.